The quantitative estimate of drug-likeness (QED) is 0.887. The van der Waals surface area contributed by atoms with Crippen molar-refractivity contribution in [2.75, 3.05) is 5.32 Å². The monoisotopic (exact) mass is 296 g/mol. The van der Waals surface area contributed by atoms with Gasteiger partial charge in [-0.2, -0.15) is 0 Å². The lowest BCUT2D eigenvalue weighted by Gasteiger charge is -2.26. The average molecular weight is 296 g/mol. The number of carbonyl (C=O) groups excluding carboxylic acids is 2. The molecule has 1 amide bonds. The number of thiazole rings is 1. The minimum absolute atomic E-state index is 0.0554. The van der Waals surface area contributed by atoms with Crippen molar-refractivity contribution in [3.05, 3.63) is 10.6 Å². The highest BCUT2D eigenvalue weighted by Gasteiger charge is 2.34. The number of hydrogen-bond acceptors (Lipinski definition) is 5. The summed E-state index contributed by atoms with van der Waals surface area (Å²) in [5, 5.41) is 11.4. The van der Waals surface area contributed by atoms with E-state index in [1.807, 2.05) is 13.8 Å². The molecule has 0 atom stereocenters. The van der Waals surface area contributed by atoms with Crippen molar-refractivity contribution in [3.8, 4) is 0 Å². The fourth-order valence-corrected chi connectivity index (χ4v) is 3.11. The summed E-state index contributed by atoms with van der Waals surface area (Å²) < 4.78 is 0. The average Bonchev–Trinajstić information content (AvgIpc) is 2.67. The standard InChI is InChI=1S/C13H16N2O4S/c1-13(2)5-7-11(8(16)6-13)20-12(14-7)15-9(17)3-4-10(18)19/h3-6H2,1-2H3,(H,18,19)(H,14,15,17). The summed E-state index contributed by atoms with van der Waals surface area (Å²) in [4.78, 5) is 38.8. The highest BCUT2D eigenvalue weighted by molar-refractivity contribution is 7.17. The largest absolute Gasteiger partial charge is 0.481 e. The zero-order valence-electron chi connectivity index (χ0n) is 11.4. The Bertz CT molecular complexity index is 577. The van der Waals surface area contributed by atoms with Crippen LogP contribution in [0, 0.1) is 5.41 Å². The molecule has 0 saturated carbocycles. The summed E-state index contributed by atoms with van der Waals surface area (Å²) in [5.74, 6) is -1.36. The second-order valence-corrected chi connectivity index (χ2v) is 6.68. The van der Waals surface area contributed by atoms with Gasteiger partial charge in [-0.15, -0.1) is 0 Å². The Hall–Kier alpha value is -1.76. The number of rotatable bonds is 4. The third kappa shape index (κ3) is 3.41. The van der Waals surface area contributed by atoms with Crippen LogP contribution < -0.4 is 5.32 Å². The topological polar surface area (TPSA) is 96.4 Å². The number of hydrogen-bond donors (Lipinski definition) is 2. The molecule has 1 aromatic rings. The number of fused-ring (bicyclic) bond motifs is 1. The first-order valence-electron chi connectivity index (χ1n) is 6.31. The number of aliphatic carboxylic acids is 1. The molecule has 0 radical (unpaired) electrons. The van der Waals surface area contributed by atoms with E-state index in [-0.39, 0.29) is 24.0 Å². The molecule has 1 aromatic heterocycles. The molecule has 0 aliphatic heterocycles. The predicted octanol–water partition coefficient (Wildman–Crippen LogP) is 2.10. The Morgan fingerprint density at radius 1 is 1.35 bits per heavy atom. The van der Waals surface area contributed by atoms with Gasteiger partial charge >= 0.3 is 5.97 Å². The van der Waals surface area contributed by atoms with Gasteiger partial charge in [0.25, 0.3) is 0 Å². The Morgan fingerprint density at radius 3 is 2.70 bits per heavy atom. The fourth-order valence-electron chi connectivity index (χ4n) is 2.18. The van der Waals surface area contributed by atoms with E-state index in [1.165, 1.54) is 11.3 Å². The van der Waals surface area contributed by atoms with Crippen LogP contribution in [0.15, 0.2) is 0 Å². The number of amides is 1. The van der Waals surface area contributed by atoms with Gasteiger partial charge in [-0.1, -0.05) is 25.2 Å². The zero-order chi connectivity index (χ0) is 14.9. The Kier molecular flexibility index (Phi) is 3.89. The summed E-state index contributed by atoms with van der Waals surface area (Å²) in [6.07, 6.45) is 0.867. The second-order valence-electron chi connectivity index (χ2n) is 5.68. The molecule has 20 heavy (non-hydrogen) atoms. The minimum atomic E-state index is -1.02. The molecule has 1 aliphatic rings. The van der Waals surface area contributed by atoms with Crippen LogP contribution in [0.1, 0.15) is 48.5 Å². The summed E-state index contributed by atoms with van der Waals surface area (Å²) in [6, 6.07) is 0. The van der Waals surface area contributed by atoms with Crippen LogP contribution in [0.5, 0.6) is 0 Å². The van der Waals surface area contributed by atoms with Crippen LogP contribution in [0.3, 0.4) is 0 Å². The van der Waals surface area contributed by atoms with Crippen molar-refractivity contribution < 1.29 is 19.5 Å². The van der Waals surface area contributed by atoms with Gasteiger partial charge in [-0.05, 0) is 11.8 Å². The van der Waals surface area contributed by atoms with Gasteiger partial charge in [0.2, 0.25) is 5.91 Å². The number of carboxylic acid groups (broad SMARTS) is 1. The molecule has 6 nitrogen and oxygen atoms in total. The molecular formula is C13H16N2O4S. The van der Waals surface area contributed by atoms with E-state index in [2.05, 4.69) is 10.3 Å². The normalized spacial score (nSPS) is 16.6. The smallest absolute Gasteiger partial charge is 0.303 e. The van der Waals surface area contributed by atoms with Crippen LogP contribution in [0.2, 0.25) is 0 Å². The molecule has 1 heterocycles. The molecule has 0 aromatic carbocycles. The molecule has 0 saturated heterocycles. The van der Waals surface area contributed by atoms with Crippen molar-refractivity contribution in [2.24, 2.45) is 5.41 Å². The lowest BCUT2D eigenvalue weighted by molar-refractivity contribution is -0.138. The number of ketones is 1. The minimum Gasteiger partial charge on any atom is -0.481 e. The molecule has 0 bridgehead atoms. The van der Waals surface area contributed by atoms with Gasteiger partial charge in [0.05, 0.1) is 17.0 Å². The van der Waals surface area contributed by atoms with Gasteiger partial charge in [-0.25, -0.2) is 4.98 Å². The van der Waals surface area contributed by atoms with Crippen LogP contribution >= 0.6 is 11.3 Å². The van der Waals surface area contributed by atoms with Crippen molar-refractivity contribution in [2.45, 2.75) is 39.5 Å². The van der Waals surface area contributed by atoms with Crippen molar-refractivity contribution >= 4 is 34.1 Å². The zero-order valence-corrected chi connectivity index (χ0v) is 12.2. The van der Waals surface area contributed by atoms with E-state index >= 15 is 0 Å². The maximum absolute atomic E-state index is 12.0. The Labute approximate surface area is 120 Å². The van der Waals surface area contributed by atoms with Crippen molar-refractivity contribution in [1.29, 1.82) is 0 Å². The third-order valence-corrected chi connectivity index (χ3v) is 4.10. The van der Waals surface area contributed by atoms with Gasteiger partial charge in [0, 0.05) is 12.8 Å². The maximum Gasteiger partial charge on any atom is 0.303 e. The number of nitrogens with zero attached hydrogens (tertiary/aromatic N) is 1. The molecule has 0 spiro atoms. The number of nitrogens with one attached hydrogen (secondary N) is 1. The van der Waals surface area contributed by atoms with E-state index in [4.69, 9.17) is 5.11 Å². The van der Waals surface area contributed by atoms with E-state index < -0.39 is 11.9 Å². The van der Waals surface area contributed by atoms with Crippen molar-refractivity contribution in [1.82, 2.24) is 4.98 Å². The molecule has 2 N–H and O–H groups in total. The number of anilines is 1. The summed E-state index contributed by atoms with van der Waals surface area (Å²) >= 11 is 1.17. The van der Waals surface area contributed by atoms with Gasteiger partial charge in [0.15, 0.2) is 10.9 Å². The van der Waals surface area contributed by atoms with E-state index in [9.17, 15) is 14.4 Å². The number of Topliss-reactive ketones (excluding diaryl/α,β-unsaturated/α-hetero) is 1. The number of aromatic nitrogens is 1. The molecule has 0 fully saturated rings. The predicted molar refractivity (Wildman–Crippen MR) is 74.0 cm³/mol. The number of carbonyl (C=O) groups is 3. The Balaban J connectivity index is 2.07. The van der Waals surface area contributed by atoms with Gasteiger partial charge < -0.3 is 10.4 Å². The van der Waals surface area contributed by atoms with Crippen LogP contribution in [-0.2, 0) is 16.0 Å². The van der Waals surface area contributed by atoms with Crippen molar-refractivity contribution in [3.63, 3.8) is 0 Å². The fraction of sp³-hybridized carbons (Fsp3) is 0.538. The van der Waals surface area contributed by atoms with Crippen LogP contribution in [0.25, 0.3) is 0 Å². The SMILES string of the molecule is CC1(C)CC(=O)c2sc(NC(=O)CCC(=O)O)nc2C1. The lowest BCUT2D eigenvalue weighted by atomic mass is 9.78. The highest BCUT2D eigenvalue weighted by Crippen LogP contribution is 2.38. The Morgan fingerprint density at radius 2 is 2.05 bits per heavy atom. The van der Waals surface area contributed by atoms with E-state index in [0.29, 0.717) is 22.9 Å². The molecule has 2 rings (SSSR count). The second kappa shape index (κ2) is 5.32. The maximum atomic E-state index is 12.0. The summed E-state index contributed by atoms with van der Waals surface area (Å²) in [7, 11) is 0. The van der Waals surface area contributed by atoms with Gasteiger partial charge in [-0.3, -0.25) is 14.4 Å². The first-order chi connectivity index (χ1) is 9.27. The third-order valence-electron chi connectivity index (χ3n) is 3.05. The summed E-state index contributed by atoms with van der Waals surface area (Å²) in [6.45, 7) is 4.02. The molecule has 108 valence electrons. The van der Waals surface area contributed by atoms with Gasteiger partial charge in [0.1, 0.15) is 0 Å². The number of carboxylic acids is 1. The van der Waals surface area contributed by atoms with E-state index in [1.54, 1.807) is 0 Å². The highest BCUT2D eigenvalue weighted by atomic mass is 32.1. The van der Waals surface area contributed by atoms with Crippen LogP contribution in [0.4, 0.5) is 5.13 Å². The molecular weight excluding hydrogens is 280 g/mol. The molecule has 0 unspecified atom stereocenters. The lowest BCUT2D eigenvalue weighted by Crippen LogP contribution is -2.26. The molecule has 7 heteroatoms. The first kappa shape index (κ1) is 14.6. The van der Waals surface area contributed by atoms with Crippen LogP contribution in [-0.4, -0.2) is 27.8 Å². The molecule has 1 aliphatic carbocycles. The summed E-state index contributed by atoms with van der Waals surface area (Å²) in [5.41, 5.74) is 0.618. The van der Waals surface area contributed by atoms with E-state index in [0.717, 1.165) is 5.69 Å². The first-order valence-corrected chi connectivity index (χ1v) is 7.13.